The Morgan fingerprint density at radius 3 is 2.33 bits per heavy atom. The first-order valence-electron chi connectivity index (χ1n) is 11.2. The van der Waals surface area contributed by atoms with Crippen LogP contribution in [0.15, 0.2) is 72.8 Å². The van der Waals surface area contributed by atoms with Crippen molar-refractivity contribution < 1.29 is 14.7 Å². The third kappa shape index (κ3) is 5.74. The van der Waals surface area contributed by atoms with Crippen molar-refractivity contribution in [2.24, 2.45) is 0 Å². The van der Waals surface area contributed by atoms with E-state index >= 15 is 0 Å². The van der Waals surface area contributed by atoms with Gasteiger partial charge in [0.2, 0.25) is 0 Å². The van der Waals surface area contributed by atoms with Gasteiger partial charge in [-0.05, 0) is 66.6 Å². The van der Waals surface area contributed by atoms with Crippen molar-refractivity contribution in [3.8, 4) is 0 Å². The summed E-state index contributed by atoms with van der Waals surface area (Å²) in [4.78, 5) is 26.3. The van der Waals surface area contributed by atoms with E-state index < -0.39 is 5.97 Å². The summed E-state index contributed by atoms with van der Waals surface area (Å²) in [5.74, 6) is -0.560. The lowest BCUT2D eigenvalue weighted by Gasteiger charge is -2.35. The summed E-state index contributed by atoms with van der Waals surface area (Å²) in [6, 6.07) is 22.8. The predicted octanol–water partition coefficient (Wildman–Crippen LogP) is 5.39. The summed E-state index contributed by atoms with van der Waals surface area (Å²) in [6.07, 6.45) is 2.70. The number of carboxylic acid groups (broad SMARTS) is 1. The first-order chi connectivity index (χ1) is 16.0. The van der Waals surface area contributed by atoms with Gasteiger partial charge < -0.3 is 15.3 Å². The number of amides is 1. The number of carbonyl (C=O) groups is 2. The van der Waals surface area contributed by atoms with Crippen molar-refractivity contribution in [1.82, 2.24) is 5.32 Å². The molecule has 6 heteroatoms. The molecule has 33 heavy (non-hydrogen) atoms. The van der Waals surface area contributed by atoms with Gasteiger partial charge in [0.05, 0.1) is 11.1 Å². The van der Waals surface area contributed by atoms with Crippen molar-refractivity contribution in [3.05, 3.63) is 100 Å². The normalized spacial score (nSPS) is 14.2. The molecular weight excluding hydrogens is 436 g/mol. The molecule has 1 fully saturated rings. The van der Waals surface area contributed by atoms with Crippen molar-refractivity contribution in [2.45, 2.75) is 25.2 Å². The van der Waals surface area contributed by atoms with Crippen molar-refractivity contribution in [1.29, 1.82) is 0 Å². The highest BCUT2D eigenvalue weighted by atomic mass is 35.5. The fourth-order valence-electron chi connectivity index (χ4n) is 4.37. The summed E-state index contributed by atoms with van der Waals surface area (Å²) in [7, 11) is 0. The molecule has 170 valence electrons. The van der Waals surface area contributed by atoms with Crippen molar-refractivity contribution >= 4 is 29.2 Å². The second kappa shape index (κ2) is 10.5. The van der Waals surface area contributed by atoms with Gasteiger partial charge in [0.1, 0.15) is 0 Å². The van der Waals surface area contributed by atoms with E-state index in [4.69, 9.17) is 16.7 Å². The van der Waals surface area contributed by atoms with Gasteiger partial charge in [-0.1, -0.05) is 54.1 Å². The van der Waals surface area contributed by atoms with Crippen LogP contribution in [-0.2, 0) is 6.42 Å². The molecule has 0 aliphatic carbocycles. The number of nitrogens with one attached hydrogen (secondary N) is 1. The molecule has 0 radical (unpaired) electrons. The van der Waals surface area contributed by atoms with Crippen LogP contribution in [0.4, 0.5) is 5.69 Å². The molecule has 1 aliphatic rings. The standard InChI is InChI=1S/C27H27ClN2O3/c28-23-10-11-25(30-16-13-21(14-17-30)20-4-2-1-3-5-20)24(18-23)26(31)29-15-12-19-6-8-22(9-7-19)27(32)33/h1-11,18,21H,12-17H2,(H,29,31)(H,32,33). The van der Waals surface area contributed by atoms with Gasteiger partial charge in [0.25, 0.3) is 5.91 Å². The Labute approximate surface area is 199 Å². The number of anilines is 1. The van der Waals surface area contributed by atoms with E-state index in [9.17, 15) is 9.59 Å². The van der Waals surface area contributed by atoms with E-state index in [2.05, 4.69) is 34.5 Å². The molecule has 1 amide bonds. The first kappa shape index (κ1) is 22.9. The van der Waals surface area contributed by atoms with Gasteiger partial charge in [-0.2, -0.15) is 0 Å². The van der Waals surface area contributed by atoms with Crippen LogP contribution >= 0.6 is 11.6 Å². The number of hydrogen-bond acceptors (Lipinski definition) is 3. The Kier molecular flexibility index (Phi) is 7.30. The Bertz CT molecular complexity index is 1110. The maximum atomic E-state index is 13.0. The Balaban J connectivity index is 1.38. The largest absolute Gasteiger partial charge is 0.478 e. The second-order valence-electron chi connectivity index (χ2n) is 8.34. The monoisotopic (exact) mass is 462 g/mol. The van der Waals surface area contributed by atoms with Crippen LogP contribution in [0.2, 0.25) is 5.02 Å². The van der Waals surface area contributed by atoms with Gasteiger partial charge in [-0.15, -0.1) is 0 Å². The van der Waals surface area contributed by atoms with E-state index in [0.717, 1.165) is 37.2 Å². The average Bonchev–Trinajstić information content (AvgIpc) is 2.85. The predicted molar refractivity (Wildman–Crippen MR) is 132 cm³/mol. The molecule has 0 bridgehead atoms. The molecular formula is C27H27ClN2O3. The minimum Gasteiger partial charge on any atom is -0.478 e. The fraction of sp³-hybridized carbons (Fsp3) is 0.259. The molecule has 0 aromatic heterocycles. The van der Waals surface area contributed by atoms with E-state index in [1.165, 1.54) is 5.56 Å². The highest BCUT2D eigenvalue weighted by molar-refractivity contribution is 6.31. The molecule has 3 aromatic rings. The summed E-state index contributed by atoms with van der Waals surface area (Å²) in [6.45, 7) is 2.22. The minimum absolute atomic E-state index is 0.153. The Morgan fingerprint density at radius 1 is 0.970 bits per heavy atom. The summed E-state index contributed by atoms with van der Waals surface area (Å²) >= 11 is 6.23. The zero-order chi connectivity index (χ0) is 23.2. The number of benzene rings is 3. The number of hydrogen-bond donors (Lipinski definition) is 2. The molecule has 5 nitrogen and oxygen atoms in total. The molecule has 0 spiro atoms. The molecule has 0 unspecified atom stereocenters. The lowest BCUT2D eigenvalue weighted by molar-refractivity contribution is 0.0696. The second-order valence-corrected chi connectivity index (χ2v) is 8.78. The lowest BCUT2D eigenvalue weighted by atomic mass is 9.89. The average molecular weight is 463 g/mol. The molecule has 1 aliphatic heterocycles. The number of carboxylic acids is 1. The first-order valence-corrected chi connectivity index (χ1v) is 11.6. The number of aromatic carboxylic acids is 1. The van der Waals surface area contributed by atoms with E-state index in [0.29, 0.717) is 29.5 Å². The van der Waals surface area contributed by atoms with Gasteiger partial charge in [-0.3, -0.25) is 4.79 Å². The maximum Gasteiger partial charge on any atom is 0.335 e. The quantitative estimate of drug-likeness (QED) is 0.493. The summed E-state index contributed by atoms with van der Waals surface area (Å²) in [5, 5.41) is 12.5. The fourth-order valence-corrected chi connectivity index (χ4v) is 4.55. The summed E-state index contributed by atoms with van der Waals surface area (Å²) < 4.78 is 0. The third-order valence-corrected chi connectivity index (χ3v) is 6.45. The van der Waals surface area contributed by atoms with E-state index in [1.807, 2.05) is 18.2 Å². The summed E-state index contributed by atoms with van der Waals surface area (Å²) in [5.41, 5.74) is 4.09. The number of rotatable bonds is 7. The van der Waals surface area contributed by atoms with E-state index in [1.54, 1.807) is 30.3 Å². The molecule has 1 heterocycles. The minimum atomic E-state index is -0.948. The number of piperidine rings is 1. The van der Waals surface area contributed by atoms with Crippen LogP contribution in [-0.4, -0.2) is 36.6 Å². The van der Waals surface area contributed by atoms with Gasteiger partial charge in [-0.25, -0.2) is 4.79 Å². The smallest absolute Gasteiger partial charge is 0.335 e. The molecule has 1 saturated heterocycles. The van der Waals surface area contributed by atoms with E-state index in [-0.39, 0.29) is 11.5 Å². The Hall–Kier alpha value is -3.31. The number of carbonyl (C=O) groups excluding carboxylic acids is 1. The number of nitrogens with zero attached hydrogens (tertiary/aromatic N) is 1. The molecule has 2 N–H and O–H groups in total. The van der Waals surface area contributed by atoms with Crippen LogP contribution < -0.4 is 10.2 Å². The molecule has 0 saturated carbocycles. The maximum absolute atomic E-state index is 13.0. The van der Waals surface area contributed by atoms with Crippen LogP contribution in [0.3, 0.4) is 0 Å². The van der Waals surface area contributed by atoms with Crippen LogP contribution in [0.5, 0.6) is 0 Å². The molecule has 4 rings (SSSR count). The van der Waals surface area contributed by atoms with Crippen LogP contribution in [0.1, 0.15) is 50.6 Å². The van der Waals surface area contributed by atoms with Crippen LogP contribution in [0, 0.1) is 0 Å². The Morgan fingerprint density at radius 2 is 1.67 bits per heavy atom. The topological polar surface area (TPSA) is 69.6 Å². The van der Waals surface area contributed by atoms with Gasteiger partial charge in [0.15, 0.2) is 0 Å². The highest BCUT2D eigenvalue weighted by Gasteiger charge is 2.24. The lowest BCUT2D eigenvalue weighted by Crippen LogP contribution is -2.35. The van der Waals surface area contributed by atoms with Gasteiger partial charge in [0, 0.05) is 30.3 Å². The number of halogens is 1. The SMILES string of the molecule is O=C(O)c1ccc(CCNC(=O)c2cc(Cl)ccc2N2CCC(c3ccccc3)CC2)cc1. The highest BCUT2D eigenvalue weighted by Crippen LogP contribution is 2.32. The molecule has 3 aromatic carbocycles. The van der Waals surface area contributed by atoms with Gasteiger partial charge >= 0.3 is 5.97 Å². The zero-order valence-corrected chi connectivity index (χ0v) is 19.1. The van der Waals surface area contributed by atoms with Crippen molar-refractivity contribution in [2.75, 3.05) is 24.5 Å². The van der Waals surface area contributed by atoms with Crippen LogP contribution in [0.25, 0.3) is 0 Å². The van der Waals surface area contributed by atoms with Crippen molar-refractivity contribution in [3.63, 3.8) is 0 Å². The third-order valence-electron chi connectivity index (χ3n) is 6.21. The zero-order valence-electron chi connectivity index (χ0n) is 18.3. The molecule has 0 atom stereocenters.